The summed E-state index contributed by atoms with van der Waals surface area (Å²) in [5, 5.41) is -0.193. The molecular weight excluding hydrogens is 406 g/mol. The Bertz CT molecular complexity index is 810. The molecule has 0 aromatic heterocycles. The van der Waals surface area contributed by atoms with Crippen LogP contribution in [0.15, 0.2) is 17.0 Å². The van der Waals surface area contributed by atoms with Crippen LogP contribution in [0, 0.1) is 0 Å². The summed E-state index contributed by atoms with van der Waals surface area (Å²) >= 11 is 7.06. The molecule has 1 aliphatic heterocycles. The highest BCUT2D eigenvalue weighted by molar-refractivity contribution is 8.18. The SMILES string of the molecule is CCOC(=O)[C@@H](C)N1C(=O)S/C(=C\c2cc(OCC)c(OCC)cc2Cl)C1=O. The molecule has 1 aromatic rings. The summed E-state index contributed by atoms with van der Waals surface area (Å²) in [6, 6.07) is 2.25. The van der Waals surface area contributed by atoms with E-state index in [1.165, 1.54) is 13.0 Å². The number of thioether (sulfide) groups is 1. The van der Waals surface area contributed by atoms with Crippen LogP contribution in [0.25, 0.3) is 6.08 Å². The van der Waals surface area contributed by atoms with Gasteiger partial charge in [0.25, 0.3) is 11.1 Å². The smallest absolute Gasteiger partial charge is 0.329 e. The molecule has 1 atom stereocenters. The van der Waals surface area contributed by atoms with Crippen molar-refractivity contribution in [3.05, 3.63) is 27.6 Å². The van der Waals surface area contributed by atoms with Gasteiger partial charge in [-0.15, -0.1) is 0 Å². The van der Waals surface area contributed by atoms with E-state index in [-0.39, 0.29) is 11.5 Å². The molecule has 0 N–H and O–H groups in total. The van der Waals surface area contributed by atoms with Crippen molar-refractivity contribution in [2.75, 3.05) is 19.8 Å². The van der Waals surface area contributed by atoms with Gasteiger partial charge in [0.2, 0.25) is 0 Å². The molecule has 2 amide bonds. The van der Waals surface area contributed by atoms with Crippen molar-refractivity contribution in [1.82, 2.24) is 4.90 Å². The zero-order valence-electron chi connectivity index (χ0n) is 16.1. The van der Waals surface area contributed by atoms with Crippen molar-refractivity contribution in [2.45, 2.75) is 33.7 Å². The van der Waals surface area contributed by atoms with E-state index in [4.69, 9.17) is 25.8 Å². The Labute approximate surface area is 172 Å². The summed E-state index contributed by atoms with van der Waals surface area (Å²) in [5.41, 5.74) is 0.503. The molecule has 0 bridgehead atoms. The summed E-state index contributed by atoms with van der Waals surface area (Å²) in [6.07, 6.45) is 1.50. The summed E-state index contributed by atoms with van der Waals surface area (Å²) in [7, 11) is 0. The molecule has 1 heterocycles. The molecule has 1 saturated heterocycles. The molecule has 7 nitrogen and oxygen atoms in total. The minimum absolute atomic E-state index is 0.162. The maximum Gasteiger partial charge on any atom is 0.329 e. The summed E-state index contributed by atoms with van der Waals surface area (Å²) in [4.78, 5) is 37.9. The summed E-state index contributed by atoms with van der Waals surface area (Å²) < 4.78 is 16.0. The zero-order chi connectivity index (χ0) is 20.8. The Kier molecular flexibility index (Phi) is 7.77. The first kappa shape index (κ1) is 22.1. The van der Waals surface area contributed by atoms with Gasteiger partial charge in [-0.3, -0.25) is 14.5 Å². The lowest BCUT2D eigenvalue weighted by Gasteiger charge is -2.19. The number of amides is 2. The molecule has 2 rings (SSSR count). The number of ether oxygens (including phenoxy) is 3. The third-order valence-corrected chi connectivity index (χ3v) is 5.00. The highest BCUT2D eigenvalue weighted by atomic mass is 35.5. The average molecular weight is 428 g/mol. The molecule has 0 spiro atoms. The molecule has 0 radical (unpaired) electrons. The number of carbonyl (C=O) groups is 3. The minimum atomic E-state index is -1.01. The third-order valence-electron chi connectivity index (χ3n) is 3.79. The second-order valence-electron chi connectivity index (χ2n) is 5.67. The van der Waals surface area contributed by atoms with Gasteiger partial charge in [-0.1, -0.05) is 11.6 Å². The highest BCUT2D eigenvalue weighted by Crippen LogP contribution is 2.38. The molecule has 1 aliphatic rings. The number of halogens is 1. The van der Waals surface area contributed by atoms with Crippen molar-refractivity contribution in [2.24, 2.45) is 0 Å². The maximum atomic E-state index is 12.7. The van der Waals surface area contributed by atoms with E-state index < -0.39 is 23.2 Å². The lowest BCUT2D eigenvalue weighted by molar-refractivity contribution is -0.150. The van der Waals surface area contributed by atoms with Crippen molar-refractivity contribution in [1.29, 1.82) is 0 Å². The van der Waals surface area contributed by atoms with Crippen LogP contribution in [0.4, 0.5) is 4.79 Å². The number of esters is 1. The van der Waals surface area contributed by atoms with E-state index in [1.807, 2.05) is 13.8 Å². The van der Waals surface area contributed by atoms with E-state index in [0.717, 1.165) is 16.7 Å². The summed E-state index contributed by atoms with van der Waals surface area (Å²) in [6.45, 7) is 7.83. The summed E-state index contributed by atoms with van der Waals surface area (Å²) in [5.74, 6) is -0.225. The van der Waals surface area contributed by atoms with Crippen LogP contribution in [-0.4, -0.2) is 47.9 Å². The number of hydrogen-bond donors (Lipinski definition) is 0. The van der Waals surface area contributed by atoms with Gasteiger partial charge in [-0.2, -0.15) is 0 Å². The van der Waals surface area contributed by atoms with Gasteiger partial charge in [-0.05, 0) is 57.2 Å². The zero-order valence-corrected chi connectivity index (χ0v) is 17.7. The Morgan fingerprint density at radius 3 is 2.32 bits per heavy atom. The number of imide groups is 1. The normalized spacial score (nSPS) is 16.5. The van der Waals surface area contributed by atoms with Crippen LogP contribution in [0.2, 0.25) is 5.02 Å². The van der Waals surface area contributed by atoms with Gasteiger partial charge in [0.15, 0.2) is 11.5 Å². The van der Waals surface area contributed by atoms with E-state index >= 15 is 0 Å². The van der Waals surface area contributed by atoms with Gasteiger partial charge < -0.3 is 14.2 Å². The van der Waals surface area contributed by atoms with Crippen molar-refractivity contribution in [3.63, 3.8) is 0 Å². The first-order chi connectivity index (χ1) is 13.3. The quantitative estimate of drug-likeness (QED) is 0.455. The van der Waals surface area contributed by atoms with Crippen LogP contribution in [0.1, 0.15) is 33.3 Å². The maximum absolute atomic E-state index is 12.7. The number of nitrogens with zero attached hydrogens (tertiary/aromatic N) is 1. The average Bonchev–Trinajstić information content (AvgIpc) is 2.92. The number of carbonyl (C=O) groups excluding carboxylic acids is 3. The predicted octanol–water partition coefficient (Wildman–Crippen LogP) is 4.13. The lowest BCUT2D eigenvalue weighted by atomic mass is 10.1. The molecule has 9 heteroatoms. The van der Waals surface area contributed by atoms with Gasteiger partial charge in [0.05, 0.1) is 29.7 Å². The Hall–Kier alpha value is -2.19. The largest absolute Gasteiger partial charge is 0.490 e. The van der Waals surface area contributed by atoms with Crippen LogP contribution in [0.5, 0.6) is 11.5 Å². The van der Waals surface area contributed by atoms with E-state index in [2.05, 4.69) is 0 Å². The minimum Gasteiger partial charge on any atom is -0.490 e. The highest BCUT2D eigenvalue weighted by Gasteiger charge is 2.41. The Morgan fingerprint density at radius 2 is 1.75 bits per heavy atom. The van der Waals surface area contributed by atoms with Gasteiger partial charge >= 0.3 is 5.97 Å². The first-order valence-corrected chi connectivity index (χ1v) is 10.1. The molecule has 152 valence electrons. The van der Waals surface area contributed by atoms with E-state index in [1.54, 1.807) is 19.1 Å². The fourth-order valence-electron chi connectivity index (χ4n) is 2.52. The Morgan fingerprint density at radius 1 is 1.14 bits per heavy atom. The number of hydrogen-bond acceptors (Lipinski definition) is 7. The van der Waals surface area contributed by atoms with Gasteiger partial charge in [0, 0.05) is 6.07 Å². The van der Waals surface area contributed by atoms with E-state index in [0.29, 0.717) is 35.3 Å². The van der Waals surface area contributed by atoms with Crippen LogP contribution >= 0.6 is 23.4 Å². The number of rotatable bonds is 8. The first-order valence-electron chi connectivity index (χ1n) is 8.86. The molecule has 0 aliphatic carbocycles. The molecule has 1 fully saturated rings. The molecule has 0 unspecified atom stereocenters. The molecular formula is C19H22ClNO6S. The molecule has 1 aromatic carbocycles. The fraction of sp³-hybridized carbons (Fsp3) is 0.421. The Balaban J connectivity index is 2.35. The standard InChI is InChI=1S/C19H22ClNO6S/c1-5-25-14-8-12(13(20)10-15(14)26-6-2)9-16-17(22)21(19(24)28-16)11(4)18(23)27-7-3/h8-11H,5-7H2,1-4H3/b16-9-/t11-/m1/s1. The van der Waals surface area contributed by atoms with Gasteiger partial charge in [0.1, 0.15) is 6.04 Å². The van der Waals surface area contributed by atoms with Gasteiger partial charge in [-0.25, -0.2) is 4.79 Å². The predicted molar refractivity (Wildman–Crippen MR) is 108 cm³/mol. The lowest BCUT2D eigenvalue weighted by Crippen LogP contribution is -2.42. The second kappa shape index (κ2) is 9.84. The third kappa shape index (κ3) is 4.80. The van der Waals surface area contributed by atoms with Crippen LogP contribution < -0.4 is 9.47 Å². The monoisotopic (exact) mass is 427 g/mol. The number of benzene rings is 1. The van der Waals surface area contributed by atoms with Crippen molar-refractivity contribution < 1.29 is 28.6 Å². The van der Waals surface area contributed by atoms with Crippen LogP contribution in [0.3, 0.4) is 0 Å². The topological polar surface area (TPSA) is 82.1 Å². The fourth-order valence-corrected chi connectivity index (χ4v) is 3.63. The van der Waals surface area contributed by atoms with Crippen molar-refractivity contribution >= 4 is 46.6 Å². The van der Waals surface area contributed by atoms with E-state index in [9.17, 15) is 14.4 Å². The molecule has 0 saturated carbocycles. The van der Waals surface area contributed by atoms with Crippen molar-refractivity contribution in [3.8, 4) is 11.5 Å². The molecule has 28 heavy (non-hydrogen) atoms. The second-order valence-corrected chi connectivity index (χ2v) is 7.07. The van der Waals surface area contributed by atoms with Crippen LogP contribution in [-0.2, 0) is 14.3 Å².